The Bertz CT molecular complexity index is 763. The number of aliphatic carboxylic acids is 1. The molecule has 1 saturated carbocycles. The second-order valence-electron chi connectivity index (χ2n) is 8.81. The second kappa shape index (κ2) is 12.1. The standard InChI is InChI=1S/C25H34F2O5/c1-17(2)19(24(30)31)11-7-4-8-12-20-21(23(29)15-22(20)28)13-14-25(26,27)16-32-18-9-5-3-6-10-18/h3-6,8-10,13-14,17,19-23,28-29H,7,11-12,15-16H2,1-2H3,(H,30,31)/b8-4-,14-13+/t19?,20-,21-,22+,23-/m1/s1. The van der Waals surface area contributed by atoms with Crippen LogP contribution in [0.25, 0.3) is 0 Å². The maximum Gasteiger partial charge on any atom is 0.306 e. The number of alkyl halides is 2. The van der Waals surface area contributed by atoms with E-state index >= 15 is 0 Å². The Labute approximate surface area is 188 Å². The van der Waals surface area contributed by atoms with Gasteiger partial charge in [-0.2, -0.15) is 8.78 Å². The lowest BCUT2D eigenvalue weighted by molar-refractivity contribution is -0.143. The number of rotatable bonds is 12. The van der Waals surface area contributed by atoms with Crippen molar-refractivity contribution < 1.29 is 33.6 Å². The van der Waals surface area contributed by atoms with Crippen molar-refractivity contribution in [3.05, 3.63) is 54.6 Å². The number of carboxylic acid groups (broad SMARTS) is 1. The molecule has 3 N–H and O–H groups in total. The van der Waals surface area contributed by atoms with Gasteiger partial charge in [0.05, 0.1) is 18.1 Å². The van der Waals surface area contributed by atoms with E-state index in [1.807, 2.05) is 26.0 Å². The zero-order valence-electron chi connectivity index (χ0n) is 18.6. The van der Waals surface area contributed by atoms with Crippen molar-refractivity contribution in [2.75, 3.05) is 6.61 Å². The average molecular weight is 453 g/mol. The molecule has 0 radical (unpaired) electrons. The monoisotopic (exact) mass is 452 g/mol. The van der Waals surface area contributed by atoms with Gasteiger partial charge in [0, 0.05) is 12.3 Å². The van der Waals surface area contributed by atoms with Gasteiger partial charge in [0.15, 0.2) is 6.61 Å². The van der Waals surface area contributed by atoms with Gasteiger partial charge in [-0.05, 0) is 49.3 Å². The van der Waals surface area contributed by atoms with Gasteiger partial charge in [-0.25, -0.2) is 0 Å². The van der Waals surface area contributed by atoms with E-state index in [0.29, 0.717) is 25.0 Å². The molecule has 2 rings (SSSR count). The zero-order valence-corrected chi connectivity index (χ0v) is 18.6. The van der Waals surface area contributed by atoms with E-state index < -0.39 is 42.5 Å². The molecule has 5 nitrogen and oxygen atoms in total. The Morgan fingerprint density at radius 1 is 1.19 bits per heavy atom. The third-order valence-corrected chi connectivity index (χ3v) is 5.99. The highest BCUT2D eigenvalue weighted by atomic mass is 19.3. The number of hydrogen-bond donors (Lipinski definition) is 3. The lowest BCUT2D eigenvalue weighted by Gasteiger charge is -2.20. The Kier molecular flexibility index (Phi) is 9.84. The Morgan fingerprint density at radius 2 is 1.88 bits per heavy atom. The number of halogens is 2. The fourth-order valence-electron chi connectivity index (χ4n) is 4.09. The Balaban J connectivity index is 1.91. The molecule has 1 aliphatic carbocycles. The summed E-state index contributed by atoms with van der Waals surface area (Å²) in [6.07, 6.45) is 5.68. The van der Waals surface area contributed by atoms with E-state index in [1.165, 1.54) is 6.08 Å². The minimum absolute atomic E-state index is 0.0368. The number of para-hydroxylation sites is 1. The normalized spacial score (nSPS) is 25.1. The summed E-state index contributed by atoms with van der Waals surface area (Å²) in [6.45, 7) is 2.93. The average Bonchev–Trinajstić information content (AvgIpc) is 3.00. The van der Waals surface area contributed by atoms with Gasteiger partial charge < -0.3 is 20.1 Å². The summed E-state index contributed by atoms with van der Waals surface area (Å²) >= 11 is 0. The summed E-state index contributed by atoms with van der Waals surface area (Å²) in [6, 6.07) is 8.35. The first-order valence-electron chi connectivity index (χ1n) is 11.1. The molecule has 0 amide bonds. The Morgan fingerprint density at radius 3 is 2.50 bits per heavy atom. The molecule has 0 aliphatic heterocycles. The van der Waals surface area contributed by atoms with Gasteiger partial charge in [0.25, 0.3) is 5.92 Å². The van der Waals surface area contributed by atoms with Crippen LogP contribution >= 0.6 is 0 Å². The van der Waals surface area contributed by atoms with Gasteiger partial charge in [-0.3, -0.25) is 4.79 Å². The van der Waals surface area contributed by atoms with Crippen LogP contribution in [0.15, 0.2) is 54.6 Å². The number of ether oxygens (including phenoxy) is 1. The number of hydrogen-bond acceptors (Lipinski definition) is 4. The summed E-state index contributed by atoms with van der Waals surface area (Å²) in [4.78, 5) is 11.3. The predicted octanol–water partition coefficient (Wildman–Crippen LogP) is 4.70. The van der Waals surface area contributed by atoms with Crippen molar-refractivity contribution in [3.8, 4) is 5.75 Å². The summed E-state index contributed by atoms with van der Waals surface area (Å²) < 4.78 is 33.6. The van der Waals surface area contributed by atoms with Crippen LogP contribution in [0.5, 0.6) is 5.75 Å². The van der Waals surface area contributed by atoms with Gasteiger partial charge in [-0.15, -0.1) is 0 Å². The smallest absolute Gasteiger partial charge is 0.306 e. The van der Waals surface area contributed by atoms with Gasteiger partial charge in [-0.1, -0.05) is 50.3 Å². The third kappa shape index (κ3) is 8.02. The highest BCUT2D eigenvalue weighted by molar-refractivity contribution is 5.70. The first-order valence-corrected chi connectivity index (χ1v) is 11.1. The molecule has 0 aromatic heterocycles. The molecule has 0 heterocycles. The summed E-state index contributed by atoms with van der Waals surface area (Å²) in [7, 11) is 0. The van der Waals surface area contributed by atoms with E-state index in [2.05, 4.69) is 0 Å². The molecular weight excluding hydrogens is 418 g/mol. The number of carboxylic acids is 1. The molecule has 0 spiro atoms. The molecule has 7 heteroatoms. The SMILES string of the molecule is CC(C)C(CC/C=C\C[C@@H]1[C@@H](/C=C/C(F)(F)COc2ccccc2)[C@H](O)C[C@@H]1O)C(=O)O. The number of aliphatic hydroxyl groups is 2. The van der Waals surface area contributed by atoms with Gasteiger partial charge >= 0.3 is 5.97 Å². The second-order valence-corrected chi connectivity index (χ2v) is 8.81. The Hall–Kier alpha value is -2.25. The van der Waals surface area contributed by atoms with Crippen molar-refractivity contribution in [1.82, 2.24) is 0 Å². The van der Waals surface area contributed by atoms with Crippen molar-refractivity contribution in [1.29, 1.82) is 0 Å². The van der Waals surface area contributed by atoms with Crippen LogP contribution in [0.2, 0.25) is 0 Å². The molecule has 1 unspecified atom stereocenters. The molecule has 178 valence electrons. The molecule has 5 atom stereocenters. The maximum atomic E-state index is 14.3. The first-order chi connectivity index (χ1) is 15.1. The van der Waals surface area contributed by atoms with Crippen molar-refractivity contribution in [2.24, 2.45) is 23.7 Å². The topological polar surface area (TPSA) is 87.0 Å². The molecule has 32 heavy (non-hydrogen) atoms. The molecule has 1 aromatic carbocycles. The molecule has 0 bridgehead atoms. The highest BCUT2D eigenvalue weighted by Crippen LogP contribution is 2.37. The fourth-order valence-corrected chi connectivity index (χ4v) is 4.09. The molecule has 1 aromatic rings. The number of benzene rings is 1. The van der Waals surface area contributed by atoms with Crippen LogP contribution in [-0.4, -0.2) is 46.0 Å². The van der Waals surface area contributed by atoms with Crippen molar-refractivity contribution in [2.45, 2.75) is 57.7 Å². The first kappa shape index (κ1) is 26.0. The van der Waals surface area contributed by atoms with Crippen LogP contribution in [0, 0.1) is 23.7 Å². The lowest BCUT2D eigenvalue weighted by atomic mass is 9.89. The fraction of sp³-hybridized carbons (Fsp3) is 0.560. The summed E-state index contributed by atoms with van der Waals surface area (Å²) in [5.74, 6) is -5.05. The number of allylic oxidation sites excluding steroid dienone is 2. The van der Waals surface area contributed by atoms with Crippen LogP contribution in [-0.2, 0) is 4.79 Å². The minimum Gasteiger partial charge on any atom is -0.487 e. The highest BCUT2D eigenvalue weighted by Gasteiger charge is 2.40. The van der Waals surface area contributed by atoms with Crippen LogP contribution < -0.4 is 4.74 Å². The quantitative estimate of drug-likeness (QED) is 0.400. The van der Waals surface area contributed by atoms with Crippen molar-refractivity contribution in [3.63, 3.8) is 0 Å². The number of carbonyl (C=O) groups is 1. The van der Waals surface area contributed by atoms with Gasteiger partial charge in [0.1, 0.15) is 5.75 Å². The summed E-state index contributed by atoms with van der Waals surface area (Å²) in [5.41, 5.74) is 0. The van der Waals surface area contributed by atoms with E-state index in [4.69, 9.17) is 4.74 Å². The predicted molar refractivity (Wildman–Crippen MR) is 119 cm³/mol. The molecular formula is C25H34F2O5. The van der Waals surface area contributed by atoms with E-state index in [1.54, 1.807) is 30.3 Å². The van der Waals surface area contributed by atoms with E-state index in [9.17, 15) is 28.9 Å². The van der Waals surface area contributed by atoms with E-state index in [-0.39, 0.29) is 18.3 Å². The lowest BCUT2D eigenvalue weighted by Crippen LogP contribution is -2.25. The number of aliphatic hydroxyl groups excluding tert-OH is 2. The largest absolute Gasteiger partial charge is 0.487 e. The van der Waals surface area contributed by atoms with Gasteiger partial charge in [0.2, 0.25) is 0 Å². The van der Waals surface area contributed by atoms with Crippen LogP contribution in [0.4, 0.5) is 8.78 Å². The summed E-state index contributed by atoms with van der Waals surface area (Å²) in [5, 5.41) is 29.8. The third-order valence-electron chi connectivity index (χ3n) is 5.99. The van der Waals surface area contributed by atoms with Crippen molar-refractivity contribution >= 4 is 5.97 Å². The van der Waals surface area contributed by atoms with Crippen LogP contribution in [0.1, 0.15) is 39.5 Å². The molecule has 1 aliphatic rings. The molecule has 1 fully saturated rings. The maximum absolute atomic E-state index is 14.3. The minimum atomic E-state index is -3.22. The van der Waals surface area contributed by atoms with E-state index in [0.717, 1.165) is 6.08 Å². The molecule has 0 saturated heterocycles. The van der Waals surface area contributed by atoms with Crippen LogP contribution in [0.3, 0.4) is 0 Å². The zero-order chi connectivity index (χ0) is 23.7.